The predicted octanol–water partition coefficient (Wildman–Crippen LogP) is 5.27. The highest BCUT2D eigenvalue weighted by Crippen LogP contribution is 2.26. The molecule has 0 unspecified atom stereocenters. The smallest absolute Gasteiger partial charge is 0.270 e. The minimum absolute atomic E-state index is 0.0232. The Kier molecular flexibility index (Phi) is 6.42. The standard InChI is InChI=1S/C25H25ClN2O3/c1-2-31-20-8-9-22-19(14-20)15-23(27-22)25(30)28-12-10-18(11-13-28)24(29)16-21(26)17-6-4-3-5-7-17/h3-9,14-16,18,27H,2,10-13H2,1H3. The monoisotopic (exact) mass is 436 g/mol. The van der Waals surface area contributed by atoms with E-state index in [0.717, 1.165) is 22.2 Å². The molecular formula is C25H25ClN2O3. The fourth-order valence-corrected chi connectivity index (χ4v) is 4.18. The number of benzene rings is 2. The first-order valence-electron chi connectivity index (χ1n) is 10.6. The number of carbonyl (C=O) groups is 2. The molecule has 4 rings (SSSR count). The molecule has 1 saturated heterocycles. The van der Waals surface area contributed by atoms with Crippen molar-refractivity contribution < 1.29 is 14.3 Å². The zero-order valence-electron chi connectivity index (χ0n) is 17.4. The fraction of sp³-hybridized carbons (Fsp3) is 0.280. The van der Waals surface area contributed by atoms with E-state index in [4.69, 9.17) is 16.3 Å². The molecule has 1 N–H and O–H groups in total. The van der Waals surface area contributed by atoms with E-state index in [0.29, 0.717) is 43.3 Å². The highest BCUT2D eigenvalue weighted by atomic mass is 35.5. The number of piperidine rings is 1. The van der Waals surface area contributed by atoms with Gasteiger partial charge in [0.15, 0.2) is 5.78 Å². The number of halogens is 1. The number of nitrogens with one attached hydrogen (secondary N) is 1. The summed E-state index contributed by atoms with van der Waals surface area (Å²) in [6.07, 6.45) is 2.79. The molecule has 160 valence electrons. The lowest BCUT2D eigenvalue weighted by molar-refractivity contribution is -0.119. The third kappa shape index (κ3) is 4.83. The highest BCUT2D eigenvalue weighted by molar-refractivity contribution is 6.50. The van der Waals surface area contributed by atoms with Gasteiger partial charge in [-0.15, -0.1) is 0 Å². The molecule has 0 radical (unpaired) electrons. The van der Waals surface area contributed by atoms with Gasteiger partial charge in [0.2, 0.25) is 0 Å². The average Bonchev–Trinajstić information content (AvgIpc) is 3.23. The fourth-order valence-electron chi connectivity index (χ4n) is 3.94. The minimum atomic E-state index is -0.113. The zero-order chi connectivity index (χ0) is 21.8. The number of ether oxygens (including phenoxy) is 1. The molecular weight excluding hydrogens is 412 g/mol. The number of rotatable bonds is 6. The molecule has 2 aromatic carbocycles. The summed E-state index contributed by atoms with van der Waals surface area (Å²) in [6.45, 7) is 3.63. The number of carbonyl (C=O) groups excluding carboxylic acids is 2. The van der Waals surface area contributed by atoms with Crippen LogP contribution in [-0.2, 0) is 4.79 Å². The van der Waals surface area contributed by atoms with Gasteiger partial charge in [0.1, 0.15) is 11.4 Å². The lowest BCUT2D eigenvalue weighted by atomic mass is 9.92. The Balaban J connectivity index is 1.38. The van der Waals surface area contributed by atoms with Crippen molar-refractivity contribution in [2.24, 2.45) is 5.92 Å². The van der Waals surface area contributed by atoms with Gasteiger partial charge in [-0.25, -0.2) is 0 Å². The summed E-state index contributed by atoms with van der Waals surface area (Å²) in [5.74, 6) is 0.653. The lowest BCUT2D eigenvalue weighted by Gasteiger charge is -2.30. The molecule has 1 aromatic heterocycles. The molecule has 0 bridgehead atoms. The number of likely N-dealkylation sites (tertiary alicyclic amines) is 1. The van der Waals surface area contributed by atoms with E-state index in [1.54, 1.807) is 4.90 Å². The molecule has 0 saturated carbocycles. The van der Waals surface area contributed by atoms with Crippen molar-refractivity contribution in [2.75, 3.05) is 19.7 Å². The largest absolute Gasteiger partial charge is 0.494 e. The van der Waals surface area contributed by atoms with Crippen LogP contribution < -0.4 is 4.74 Å². The van der Waals surface area contributed by atoms with Gasteiger partial charge in [0.25, 0.3) is 5.91 Å². The lowest BCUT2D eigenvalue weighted by Crippen LogP contribution is -2.40. The number of aromatic amines is 1. The Labute approximate surface area is 186 Å². The molecule has 0 spiro atoms. The Morgan fingerprint density at radius 1 is 1.13 bits per heavy atom. The number of nitrogens with zero attached hydrogens (tertiary/aromatic N) is 1. The molecule has 2 heterocycles. The van der Waals surface area contributed by atoms with Gasteiger partial charge in [0.05, 0.1) is 11.6 Å². The minimum Gasteiger partial charge on any atom is -0.494 e. The Hall–Kier alpha value is -3.05. The number of hydrogen-bond acceptors (Lipinski definition) is 3. The van der Waals surface area contributed by atoms with Crippen LogP contribution in [0.1, 0.15) is 35.8 Å². The van der Waals surface area contributed by atoms with Crippen LogP contribution in [0.5, 0.6) is 5.75 Å². The molecule has 1 aliphatic heterocycles. The summed E-state index contributed by atoms with van der Waals surface area (Å²) in [4.78, 5) is 30.6. The van der Waals surface area contributed by atoms with Gasteiger partial charge < -0.3 is 14.6 Å². The Bertz CT molecular complexity index is 1110. The third-order valence-corrected chi connectivity index (χ3v) is 5.96. The van der Waals surface area contributed by atoms with Gasteiger partial charge in [-0.1, -0.05) is 41.9 Å². The van der Waals surface area contributed by atoms with Crippen LogP contribution in [0, 0.1) is 5.92 Å². The first kappa shape index (κ1) is 21.2. The van der Waals surface area contributed by atoms with Crippen LogP contribution in [0.3, 0.4) is 0 Å². The Morgan fingerprint density at radius 3 is 2.58 bits per heavy atom. The van der Waals surface area contributed by atoms with Crippen molar-refractivity contribution in [1.29, 1.82) is 0 Å². The van der Waals surface area contributed by atoms with Gasteiger partial charge in [-0.2, -0.15) is 0 Å². The number of ketones is 1. The number of H-pyrrole nitrogens is 1. The normalized spacial score (nSPS) is 15.3. The maximum Gasteiger partial charge on any atom is 0.270 e. The second kappa shape index (κ2) is 9.40. The molecule has 0 atom stereocenters. The highest BCUT2D eigenvalue weighted by Gasteiger charge is 2.27. The summed E-state index contributed by atoms with van der Waals surface area (Å²) < 4.78 is 5.53. The quantitative estimate of drug-likeness (QED) is 0.535. The summed E-state index contributed by atoms with van der Waals surface area (Å²) in [6, 6.07) is 17.1. The zero-order valence-corrected chi connectivity index (χ0v) is 18.2. The molecule has 3 aromatic rings. The summed E-state index contributed by atoms with van der Waals surface area (Å²) in [7, 11) is 0. The second-order valence-corrected chi connectivity index (χ2v) is 8.10. The maximum absolute atomic E-state index is 13.0. The maximum atomic E-state index is 13.0. The Morgan fingerprint density at radius 2 is 1.87 bits per heavy atom. The van der Waals surface area contributed by atoms with Crippen molar-refractivity contribution in [3.63, 3.8) is 0 Å². The van der Waals surface area contributed by atoms with Gasteiger partial charge in [-0.3, -0.25) is 9.59 Å². The number of aromatic nitrogens is 1. The van der Waals surface area contributed by atoms with Crippen LogP contribution in [0.2, 0.25) is 0 Å². The van der Waals surface area contributed by atoms with E-state index in [1.165, 1.54) is 6.08 Å². The van der Waals surface area contributed by atoms with E-state index in [-0.39, 0.29) is 17.6 Å². The van der Waals surface area contributed by atoms with Gasteiger partial charge in [0, 0.05) is 36.0 Å². The first-order valence-corrected chi connectivity index (χ1v) is 10.9. The third-order valence-electron chi connectivity index (χ3n) is 5.64. The van der Waals surface area contributed by atoms with Gasteiger partial charge in [-0.05, 0) is 49.6 Å². The number of amides is 1. The van der Waals surface area contributed by atoms with E-state index in [2.05, 4.69) is 4.98 Å². The van der Waals surface area contributed by atoms with Crippen LogP contribution >= 0.6 is 11.6 Å². The average molecular weight is 437 g/mol. The van der Waals surface area contributed by atoms with Gasteiger partial charge >= 0.3 is 0 Å². The molecule has 6 heteroatoms. The molecule has 1 aliphatic rings. The summed E-state index contributed by atoms with van der Waals surface area (Å²) >= 11 is 6.31. The van der Waals surface area contributed by atoms with E-state index in [1.807, 2.05) is 61.5 Å². The molecule has 1 fully saturated rings. The van der Waals surface area contributed by atoms with Crippen molar-refractivity contribution in [3.05, 3.63) is 71.9 Å². The van der Waals surface area contributed by atoms with Crippen LogP contribution in [0.4, 0.5) is 0 Å². The summed E-state index contributed by atoms with van der Waals surface area (Å²) in [5, 5.41) is 1.40. The number of allylic oxidation sites excluding steroid dienone is 1. The predicted molar refractivity (Wildman–Crippen MR) is 123 cm³/mol. The molecule has 31 heavy (non-hydrogen) atoms. The van der Waals surface area contributed by atoms with Crippen LogP contribution in [0.15, 0.2) is 60.7 Å². The number of hydrogen-bond donors (Lipinski definition) is 1. The SMILES string of the molecule is CCOc1ccc2[nH]c(C(=O)N3CCC(C(=O)C=C(Cl)c4ccccc4)CC3)cc2c1. The van der Waals surface area contributed by atoms with Crippen LogP contribution in [0.25, 0.3) is 15.9 Å². The van der Waals surface area contributed by atoms with Crippen molar-refractivity contribution in [1.82, 2.24) is 9.88 Å². The van der Waals surface area contributed by atoms with Crippen molar-refractivity contribution in [3.8, 4) is 5.75 Å². The number of fused-ring (bicyclic) bond motifs is 1. The second-order valence-electron chi connectivity index (χ2n) is 7.69. The van der Waals surface area contributed by atoms with E-state index < -0.39 is 0 Å². The van der Waals surface area contributed by atoms with Crippen molar-refractivity contribution >= 4 is 39.2 Å². The topological polar surface area (TPSA) is 62.4 Å². The van der Waals surface area contributed by atoms with Crippen LogP contribution in [-0.4, -0.2) is 41.3 Å². The van der Waals surface area contributed by atoms with E-state index in [9.17, 15) is 9.59 Å². The van der Waals surface area contributed by atoms with E-state index >= 15 is 0 Å². The molecule has 0 aliphatic carbocycles. The summed E-state index contributed by atoms with van der Waals surface area (Å²) in [5.41, 5.74) is 2.29. The molecule has 5 nitrogen and oxygen atoms in total. The molecule has 1 amide bonds. The first-order chi connectivity index (χ1) is 15.0. The van der Waals surface area contributed by atoms with Crippen molar-refractivity contribution in [2.45, 2.75) is 19.8 Å².